The Morgan fingerprint density at radius 2 is 2.00 bits per heavy atom. The van der Waals surface area contributed by atoms with Crippen molar-refractivity contribution in [2.24, 2.45) is 7.05 Å². The summed E-state index contributed by atoms with van der Waals surface area (Å²) in [5, 5.41) is 7.94. The minimum atomic E-state index is -3.61. The Bertz CT molecular complexity index is 757. The van der Waals surface area contributed by atoms with E-state index in [0.717, 1.165) is 30.8 Å². The van der Waals surface area contributed by atoms with Crippen molar-refractivity contribution in [1.82, 2.24) is 19.1 Å². The van der Waals surface area contributed by atoms with Gasteiger partial charge in [0.25, 0.3) is 0 Å². The van der Waals surface area contributed by atoms with E-state index in [1.165, 1.54) is 16.4 Å². The van der Waals surface area contributed by atoms with Crippen molar-refractivity contribution in [3.63, 3.8) is 0 Å². The van der Waals surface area contributed by atoms with Crippen LogP contribution in [0.4, 0.5) is 4.39 Å². The maximum atomic E-state index is 13.0. The summed E-state index contributed by atoms with van der Waals surface area (Å²) in [5.74, 6) is 0.366. The second-order valence-corrected chi connectivity index (χ2v) is 7.39. The van der Waals surface area contributed by atoms with Gasteiger partial charge in [-0.05, 0) is 37.1 Å². The topological polar surface area (TPSA) is 68.1 Å². The fraction of sp³-hybridized carbons (Fsp3) is 0.429. The monoisotopic (exact) mass is 324 g/mol. The summed E-state index contributed by atoms with van der Waals surface area (Å²) in [6.45, 7) is 0.834. The molecule has 118 valence electrons. The molecule has 1 saturated heterocycles. The van der Waals surface area contributed by atoms with Crippen LogP contribution in [-0.4, -0.2) is 40.6 Å². The van der Waals surface area contributed by atoms with Crippen LogP contribution < -0.4 is 0 Å². The number of rotatable bonds is 3. The highest BCUT2D eigenvalue weighted by Gasteiger charge is 2.32. The van der Waals surface area contributed by atoms with Crippen LogP contribution in [0.1, 0.15) is 24.6 Å². The van der Waals surface area contributed by atoms with Crippen molar-refractivity contribution in [3.05, 3.63) is 42.2 Å². The van der Waals surface area contributed by atoms with Gasteiger partial charge in [-0.3, -0.25) is 0 Å². The molecule has 0 saturated carbocycles. The Kier molecular flexibility index (Phi) is 3.96. The average Bonchev–Trinajstić information content (AvgIpc) is 2.94. The number of aryl methyl sites for hydroxylation is 1. The van der Waals surface area contributed by atoms with Gasteiger partial charge in [0.15, 0.2) is 0 Å². The average molecular weight is 324 g/mol. The van der Waals surface area contributed by atoms with E-state index in [-0.39, 0.29) is 10.8 Å². The Morgan fingerprint density at radius 1 is 1.27 bits per heavy atom. The third kappa shape index (κ3) is 2.76. The summed E-state index contributed by atoms with van der Waals surface area (Å²) in [6.07, 6.45) is 3.25. The molecule has 1 fully saturated rings. The molecule has 1 unspecified atom stereocenters. The van der Waals surface area contributed by atoms with E-state index in [2.05, 4.69) is 10.2 Å². The highest BCUT2D eigenvalue weighted by molar-refractivity contribution is 7.89. The maximum Gasteiger partial charge on any atom is 0.243 e. The van der Waals surface area contributed by atoms with Crippen molar-refractivity contribution < 1.29 is 12.8 Å². The normalized spacial score (nSPS) is 20.2. The van der Waals surface area contributed by atoms with E-state index < -0.39 is 15.8 Å². The van der Waals surface area contributed by atoms with Gasteiger partial charge in [-0.15, -0.1) is 10.2 Å². The van der Waals surface area contributed by atoms with E-state index in [4.69, 9.17) is 0 Å². The lowest BCUT2D eigenvalue weighted by Crippen LogP contribution is -2.39. The Labute approximate surface area is 128 Å². The van der Waals surface area contributed by atoms with Gasteiger partial charge in [0.1, 0.15) is 18.0 Å². The van der Waals surface area contributed by atoms with Crippen LogP contribution in [0.5, 0.6) is 0 Å². The number of hydrogen-bond donors (Lipinski definition) is 0. The predicted molar refractivity (Wildman–Crippen MR) is 78.1 cm³/mol. The Hall–Kier alpha value is -1.80. The van der Waals surface area contributed by atoms with Crippen LogP contribution in [0.15, 0.2) is 35.5 Å². The zero-order chi connectivity index (χ0) is 15.7. The van der Waals surface area contributed by atoms with Gasteiger partial charge in [0.05, 0.1) is 4.90 Å². The molecular weight excluding hydrogens is 307 g/mol. The van der Waals surface area contributed by atoms with Crippen molar-refractivity contribution in [1.29, 1.82) is 0 Å². The van der Waals surface area contributed by atoms with Crippen LogP contribution in [0.2, 0.25) is 0 Å². The molecule has 0 aliphatic carbocycles. The number of aromatic nitrogens is 3. The highest BCUT2D eigenvalue weighted by Crippen LogP contribution is 2.29. The van der Waals surface area contributed by atoms with E-state index in [0.29, 0.717) is 13.1 Å². The fourth-order valence-electron chi connectivity index (χ4n) is 2.79. The van der Waals surface area contributed by atoms with Crippen LogP contribution in [0.25, 0.3) is 0 Å². The molecule has 2 heterocycles. The van der Waals surface area contributed by atoms with Gasteiger partial charge in [0, 0.05) is 26.1 Å². The molecule has 3 rings (SSSR count). The maximum absolute atomic E-state index is 13.0. The first-order valence-corrected chi connectivity index (χ1v) is 8.52. The van der Waals surface area contributed by atoms with Gasteiger partial charge in [0.2, 0.25) is 10.0 Å². The fourth-order valence-corrected chi connectivity index (χ4v) is 4.31. The van der Waals surface area contributed by atoms with Crippen molar-refractivity contribution >= 4 is 10.0 Å². The van der Waals surface area contributed by atoms with Gasteiger partial charge in [-0.1, -0.05) is 0 Å². The number of sulfonamides is 1. The van der Waals surface area contributed by atoms with Gasteiger partial charge < -0.3 is 4.57 Å². The van der Waals surface area contributed by atoms with Gasteiger partial charge in [-0.2, -0.15) is 4.31 Å². The molecule has 1 atom stereocenters. The van der Waals surface area contributed by atoms with Crippen LogP contribution in [0, 0.1) is 5.82 Å². The number of benzene rings is 1. The van der Waals surface area contributed by atoms with Crippen molar-refractivity contribution in [2.45, 2.75) is 23.7 Å². The molecule has 0 spiro atoms. The first-order valence-electron chi connectivity index (χ1n) is 7.08. The third-order valence-corrected chi connectivity index (χ3v) is 5.83. The quantitative estimate of drug-likeness (QED) is 0.858. The standard InChI is InChI=1S/C14H17FN4O2S/c1-18-10-16-17-14(18)11-3-2-8-19(9-11)22(20,21)13-6-4-12(15)5-7-13/h4-7,10-11H,2-3,8-9H2,1H3. The van der Waals surface area contributed by atoms with E-state index in [1.807, 2.05) is 11.6 Å². The van der Waals surface area contributed by atoms with Crippen LogP contribution in [0.3, 0.4) is 0 Å². The van der Waals surface area contributed by atoms with Crippen molar-refractivity contribution in [3.8, 4) is 0 Å². The summed E-state index contributed by atoms with van der Waals surface area (Å²) in [6, 6.07) is 4.93. The lowest BCUT2D eigenvalue weighted by Gasteiger charge is -2.31. The van der Waals surface area contributed by atoms with E-state index >= 15 is 0 Å². The molecule has 6 nitrogen and oxygen atoms in total. The van der Waals surface area contributed by atoms with Crippen LogP contribution in [-0.2, 0) is 17.1 Å². The molecule has 2 aromatic rings. The molecule has 1 aliphatic heterocycles. The summed E-state index contributed by atoms with van der Waals surface area (Å²) in [5.41, 5.74) is 0. The highest BCUT2D eigenvalue weighted by atomic mass is 32.2. The molecule has 0 N–H and O–H groups in total. The van der Waals surface area contributed by atoms with Crippen molar-refractivity contribution in [2.75, 3.05) is 13.1 Å². The predicted octanol–water partition coefficient (Wildman–Crippen LogP) is 1.52. The second kappa shape index (κ2) is 5.77. The molecule has 1 aromatic heterocycles. The minimum absolute atomic E-state index is 0.0245. The summed E-state index contributed by atoms with van der Waals surface area (Å²) < 4.78 is 41.6. The van der Waals surface area contributed by atoms with Gasteiger partial charge >= 0.3 is 0 Å². The lowest BCUT2D eigenvalue weighted by molar-refractivity contribution is 0.306. The molecule has 0 amide bonds. The largest absolute Gasteiger partial charge is 0.320 e. The van der Waals surface area contributed by atoms with E-state index in [9.17, 15) is 12.8 Å². The second-order valence-electron chi connectivity index (χ2n) is 5.46. The molecule has 8 heteroatoms. The summed E-state index contributed by atoms with van der Waals surface area (Å²) in [4.78, 5) is 0.118. The molecule has 0 radical (unpaired) electrons. The Balaban J connectivity index is 1.85. The Morgan fingerprint density at radius 3 is 2.64 bits per heavy atom. The molecular formula is C14H17FN4O2S. The number of halogens is 1. The zero-order valence-electron chi connectivity index (χ0n) is 12.2. The number of hydrogen-bond acceptors (Lipinski definition) is 4. The van der Waals surface area contributed by atoms with E-state index in [1.54, 1.807) is 6.33 Å². The zero-order valence-corrected chi connectivity index (χ0v) is 13.0. The lowest BCUT2D eigenvalue weighted by atomic mass is 9.99. The van der Waals surface area contributed by atoms with Gasteiger partial charge in [-0.25, -0.2) is 12.8 Å². The smallest absolute Gasteiger partial charge is 0.243 e. The SMILES string of the molecule is Cn1cnnc1C1CCCN(S(=O)(=O)c2ccc(F)cc2)C1. The number of piperidine rings is 1. The first kappa shape index (κ1) is 15.1. The first-order chi connectivity index (χ1) is 10.5. The third-order valence-electron chi connectivity index (χ3n) is 3.95. The number of nitrogens with zero attached hydrogens (tertiary/aromatic N) is 4. The summed E-state index contributed by atoms with van der Waals surface area (Å²) >= 11 is 0. The molecule has 1 aliphatic rings. The molecule has 0 bridgehead atoms. The molecule has 22 heavy (non-hydrogen) atoms. The minimum Gasteiger partial charge on any atom is -0.320 e. The summed E-state index contributed by atoms with van der Waals surface area (Å²) in [7, 11) is -1.76. The van der Waals surface area contributed by atoms with Crippen LogP contribution >= 0.6 is 0 Å². The molecule has 1 aromatic carbocycles.